The molecule has 0 saturated carbocycles. The van der Waals surface area contributed by atoms with Gasteiger partial charge >= 0.3 is 0 Å². The van der Waals surface area contributed by atoms with Crippen LogP contribution in [0.25, 0.3) is 17.4 Å². The summed E-state index contributed by atoms with van der Waals surface area (Å²) in [4.78, 5) is 38.5. The number of carbonyl (C=O) groups excluding carboxylic acids is 3. The van der Waals surface area contributed by atoms with Crippen LogP contribution in [0, 0.1) is 0 Å². The number of nitrogens with one attached hydrogen (secondary N) is 1. The molecular weight excluding hydrogens is 499 g/mol. The van der Waals surface area contributed by atoms with Crippen molar-refractivity contribution in [2.24, 2.45) is 0 Å². The number of rotatable bonds is 7. The second-order valence-corrected chi connectivity index (χ2v) is 8.86. The van der Waals surface area contributed by atoms with Gasteiger partial charge in [-0.25, -0.2) is 0 Å². The van der Waals surface area contributed by atoms with Gasteiger partial charge in [-0.3, -0.25) is 19.3 Å². The molecule has 1 aliphatic rings. The van der Waals surface area contributed by atoms with E-state index >= 15 is 0 Å². The van der Waals surface area contributed by atoms with Gasteiger partial charge in [0.25, 0.3) is 11.1 Å². The van der Waals surface area contributed by atoms with Gasteiger partial charge in [0, 0.05) is 17.3 Å². The number of thioether (sulfide) groups is 1. The van der Waals surface area contributed by atoms with E-state index in [1.807, 2.05) is 6.92 Å². The van der Waals surface area contributed by atoms with E-state index in [2.05, 4.69) is 5.32 Å². The van der Waals surface area contributed by atoms with E-state index in [0.29, 0.717) is 45.2 Å². The fraction of sp³-hybridized carbons (Fsp3) is 0.125. The van der Waals surface area contributed by atoms with E-state index in [4.69, 9.17) is 32.4 Å². The Morgan fingerprint density at radius 3 is 2.62 bits per heavy atom. The lowest BCUT2D eigenvalue weighted by atomic mass is 10.2. The predicted molar refractivity (Wildman–Crippen MR) is 133 cm³/mol. The second-order valence-electron chi connectivity index (χ2n) is 7.08. The minimum atomic E-state index is -0.574. The van der Waals surface area contributed by atoms with Crippen molar-refractivity contribution in [3.05, 3.63) is 75.3 Å². The number of imide groups is 1. The number of nitrogens with zero attached hydrogens (tertiary/aromatic N) is 1. The van der Waals surface area contributed by atoms with Crippen LogP contribution in [0.2, 0.25) is 10.0 Å². The van der Waals surface area contributed by atoms with Gasteiger partial charge in [0.1, 0.15) is 23.8 Å². The maximum absolute atomic E-state index is 12.7. The monoisotopic (exact) mass is 516 g/mol. The number of halogens is 2. The fourth-order valence-corrected chi connectivity index (χ4v) is 4.39. The molecule has 0 radical (unpaired) electrons. The minimum Gasteiger partial charge on any atom is -0.494 e. The quantitative estimate of drug-likeness (QED) is 0.369. The van der Waals surface area contributed by atoms with Gasteiger partial charge in [0.05, 0.1) is 21.6 Å². The van der Waals surface area contributed by atoms with Gasteiger partial charge in [0.15, 0.2) is 0 Å². The number of furan rings is 1. The van der Waals surface area contributed by atoms with Crippen molar-refractivity contribution in [1.29, 1.82) is 0 Å². The lowest BCUT2D eigenvalue weighted by Crippen LogP contribution is -2.36. The first kappa shape index (κ1) is 23.9. The van der Waals surface area contributed by atoms with Gasteiger partial charge in [-0.05, 0) is 67.2 Å². The zero-order valence-corrected chi connectivity index (χ0v) is 20.2. The summed E-state index contributed by atoms with van der Waals surface area (Å²) in [6, 6.07) is 15.3. The van der Waals surface area contributed by atoms with Crippen LogP contribution in [-0.2, 0) is 9.59 Å². The average molecular weight is 517 g/mol. The maximum Gasteiger partial charge on any atom is 0.294 e. The Hall–Kier alpha value is -3.20. The van der Waals surface area contributed by atoms with E-state index in [-0.39, 0.29) is 4.91 Å². The molecule has 174 valence electrons. The highest BCUT2D eigenvalue weighted by molar-refractivity contribution is 8.18. The van der Waals surface area contributed by atoms with Gasteiger partial charge in [-0.2, -0.15) is 0 Å². The van der Waals surface area contributed by atoms with Crippen LogP contribution in [0.15, 0.2) is 63.9 Å². The Balaban J connectivity index is 1.43. The van der Waals surface area contributed by atoms with Crippen molar-refractivity contribution in [1.82, 2.24) is 4.90 Å². The molecule has 1 fully saturated rings. The Morgan fingerprint density at radius 2 is 1.88 bits per heavy atom. The summed E-state index contributed by atoms with van der Waals surface area (Å²) in [5.74, 6) is 0.428. The molecule has 0 aliphatic carbocycles. The summed E-state index contributed by atoms with van der Waals surface area (Å²) in [5, 5.41) is 2.87. The molecule has 2 aromatic carbocycles. The third kappa shape index (κ3) is 5.30. The van der Waals surface area contributed by atoms with Crippen molar-refractivity contribution < 1.29 is 23.5 Å². The predicted octanol–water partition coefficient (Wildman–Crippen LogP) is 6.33. The Kier molecular flexibility index (Phi) is 7.31. The molecule has 0 bridgehead atoms. The number of amides is 3. The number of carbonyl (C=O) groups is 3. The molecule has 4 rings (SSSR count). The molecule has 10 heteroatoms. The summed E-state index contributed by atoms with van der Waals surface area (Å²) in [6.45, 7) is 2.00. The largest absolute Gasteiger partial charge is 0.494 e. The topological polar surface area (TPSA) is 88.8 Å². The van der Waals surface area contributed by atoms with Crippen molar-refractivity contribution in [3.8, 4) is 17.1 Å². The average Bonchev–Trinajstić information content (AvgIpc) is 3.37. The molecule has 3 amide bonds. The highest BCUT2D eigenvalue weighted by Crippen LogP contribution is 2.36. The molecule has 3 aromatic rings. The van der Waals surface area contributed by atoms with Crippen LogP contribution in [0.4, 0.5) is 10.5 Å². The Bertz CT molecular complexity index is 1290. The highest BCUT2D eigenvalue weighted by Gasteiger charge is 2.36. The first-order valence-electron chi connectivity index (χ1n) is 10.2. The van der Waals surface area contributed by atoms with Crippen LogP contribution in [0.5, 0.6) is 5.75 Å². The minimum absolute atomic E-state index is 0.150. The number of hydrogen-bond donors (Lipinski definition) is 1. The van der Waals surface area contributed by atoms with E-state index in [1.54, 1.807) is 54.6 Å². The summed E-state index contributed by atoms with van der Waals surface area (Å²) >= 11 is 13.0. The van der Waals surface area contributed by atoms with Crippen LogP contribution < -0.4 is 10.1 Å². The lowest BCUT2D eigenvalue weighted by Gasteiger charge is -2.12. The zero-order valence-electron chi connectivity index (χ0n) is 17.8. The van der Waals surface area contributed by atoms with Gasteiger partial charge in [-0.15, -0.1) is 0 Å². The fourth-order valence-electron chi connectivity index (χ4n) is 3.18. The van der Waals surface area contributed by atoms with E-state index < -0.39 is 23.6 Å². The highest BCUT2D eigenvalue weighted by atomic mass is 35.5. The van der Waals surface area contributed by atoms with E-state index in [1.165, 1.54) is 6.08 Å². The number of anilines is 1. The van der Waals surface area contributed by atoms with Crippen molar-refractivity contribution in [2.45, 2.75) is 6.92 Å². The molecule has 7 nitrogen and oxygen atoms in total. The summed E-state index contributed by atoms with van der Waals surface area (Å²) in [7, 11) is 0. The van der Waals surface area contributed by atoms with Gasteiger partial charge in [-0.1, -0.05) is 29.3 Å². The van der Waals surface area contributed by atoms with Crippen LogP contribution in [0.3, 0.4) is 0 Å². The molecule has 0 unspecified atom stereocenters. The number of hydrogen-bond acceptors (Lipinski definition) is 6. The zero-order chi connectivity index (χ0) is 24.2. The number of ether oxygens (including phenoxy) is 1. The molecule has 1 aliphatic heterocycles. The van der Waals surface area contributed by atoms with Crippen molar-refractivity contribution in [2.75, 3.05) is 18.5 Å². The molecule has 2 heterocycles. The molecule has 1 saturated heterocycles. The normalized spacial score (nSPS) is 14.7. The smallest absolute Gasteiger partial charge is 0.294 e. The summed E-state index contributed by atoms with van der Waals surface area (Å²) < 4.78 is 11.1. The summed E-state index contributed by atoms with van der Waals surface area (Å²) in [5.41, 5.74) is 1.13. The molecule has 0 spiro atoms. The van der Waals surface area contributed by atoms with Gasteiger partial charge < -0.3 is 14.5 Å². The first-order valence-corrected chi connectivity index (χ1v) is 11.7. The van der Waals surface area contributed by atoms with Crippen LogP contribution in [0.1, 0.15) is 12.7 Å². The SMILES string of the molecule is CCOc1ccc(NC(=O)CN2C(=O)S/C(=C\c3ccc(-c4cccc(Cl)c4Cl)o3)C2=O)cc1. The molecule has 1 N–H and O–H groups in total. The third-order valence-corrected chi connectivity index (χ3v) is 6.47. The molecular formula is C24H18Cl2N2O5S. The number of benzene rings is 2. The lowest BCUT2D eigenvalue weighted by molar-refractivity contribution is -0.127. The summed E-state index contributed by atoms with van der Waals surface area (Å²) in [6.07, 6.45) is 1.46. The molecule has 0 atom stereocenters. The molecule has 34 heavy (non-hydrogen) atoms. The van der Waals surface area contributed by atoms with E-state index in [9.17, 15) is 14.4 Å². The molecule has 1 aromatic heterocycles. The maximum atomic E-state index is 12.7. The van der Waals surface area contributed by atoms with E-state index in [0.717, 1.165) is 16.7 Å². The van der Waals surface area contributed by atoms with Crippen molar-refractivity contribution >= 4 is 63.8 Å². The third-order valence-electron chi connectivity index (χ3n) is 4.74. The Labute approximate surface area is 209 Å². The second kappa shape index (κ2) is 10.4. The first-order chi connectivity index (χ1) is 16.4. The standard InChI is InChI=1S/C24H18Cl2N2O5S/c1-2-32-15-8-6-14(7-9-15)27-21(29)13-28-23(30)20(34-24(28)31)12-16-10-11-19(33-16)17-4-3-5-18(25)22(17)26/h3-12H,2,13H2,1H3,(H,27,29)/b20-12-. The van der Waals surface area contributed by atoms with Crippen molar-refractivity contribution in [3.63, 3.8) is 0 Å². The Morgan fingerprint density at radius 1 is 1.12 bits per heavy atom. The van der Waals surface area contributed by atoms with Gasteiger partial charge in [0.2, 0.25) is 5.91 Å². The van der Waals surface area contributed by atoms with Crippen LogP contribution in [-0.4, -0.2) is 35.1 Å². The van der Waals surface area contributed by atoms with Crippen LogP contribution >= 0.6 is 35.0 Å².